The number of hydrogen-bond donors (Lipinski definition) is 0. The van der Waals surface area contributed by atoms with Gasteiger partial charge < -0.3 is 9.15 Å². The predicted molar refractivity (Wildman–Crippen MR) is 193 cm³/mol. The number of fused-ring (bicyclic) bond motifs is 9. The molecule has 10 rings (SSSR count). The number of nitrogens with zero attached hydrogens (tertiary/aromatic N) is 2. The molecule has 0 amide bonds. The Morgan fingerprint density at radius 3 is 1.69 bits per heavy atom. The van der Waals surface area contributed by atoms with Gasteiger partial charge in [-0.1, -0.05) is 140 Å². The fourth-order valence-electron chi connectivity index (χ4n) is 7.74. The summed E-state index contributed by atoms with van der Waals surface area (Å²) in [6.07, 6.45) is 0. The van der Waals surface area contributed by atoms with Crippen LogP contribution in [0, 0.1) is 0 Å². The summed E-state index contributed by atoms with van der Waals surface area (Å²) in [5.41, 5.74) is 11.1. The average molecular weight is 629 g/mol. The minimum atomic E-state index is -0.537. The van der Waals surface area contributed by atoms with E-state index in [0.717, 1.165) is 45.0 Å². The Kier molecular flexibility index (Phi) is 6.06. The van der Waals surface area contributed by atoms with E-state index in [0.29, 0.717) is 23.0 Å². The highest BCUT2D eigenvalue weighted by atomic mass is 16.5. The van der Waals surface area contributed by atoms with Crippen molar-refractivity contribution >= 4 is 0 Å². The minimum absolute atomic E-state index is 0.537. The molecule has 0 atom stereocenters. The van der Waals surface area contributed by atoms with E-state index in [9.17, 15) is 0 Å². The van der Waals surface area contributed by atoms with Gasteiger partial charge in [-0.15, -0.1) is 0 Å². The Morgan fingerprint density at radius 1 is 0.408 bits per heavy atom. The number of para-hydroxylation sites is 2. The number of rotatable bonds is 4. The summed E-state index contributed by atoms with van der Waals surface area (Å²) in [6.45, 7) is 0. The van der Waals surface area contributed by atoms with Gasteiger partial charge in [-0.2, -0.15) is 0 Å². The Bertz CT molecular complexity index is 2430. The van der Waals surface area contributed by atoms with Crippen LogP contribution < -0.4 is 4.74 Å². The molecule has 0 N–H and O–H groups in total. The van der Waals surface area contributed by atoms with Crippen LogP contribution in [-0.4, -0.2) is 9.97 Å². The van der Waals surface area contributed by atoms with E-state index in [-0.39, 0.29) is 0 Å². The Hall–Kier alpha value is -6.52. The molecule has 49 heavy (non-hydrogen) atoms. The normalized spacial score (nSPS) is 13.2. The first-order valence-corrected chi connectivity index (χ1v) is 16.5. The van der Waals surface area contributed by atoms with Crippen molar-refractivity contribution in [2.75, 3.05) is 0 Å². The third-order valence-corrected chi connectivity index (χ3v) is 9.83. The van der Waals surface area contributed by atoms with Gasteiger partial charge in [0.05, 0.1) is 16.7 Å². The molecule has 0 bridgehead atoms. The molecule has 6 aromatic carbocycles. The third kappa shape index (κ3) is 4.11. The molecular weight excluding hydrogens is 601 g/mol. The molecule has 2 aliphatic rings. The monoisotopic (exact) mass is 628 g/mol. The van der Waals surface area contributed by atoms with Crippen molar-refractivity contribution in [2.45, 2.75) is 5.41 Å². The zero-order valence-electron chi connectivity index (χ0n) is 26.4. The molecule has 0 saturated carbocycles. The molecule has 1 aliphatic carbocycles. The molecule has 8 aromatic rings. The highest BCUT2D eigenvalue weighted by molar-refractivity contribution is 5.90. The topological polar surface area (TPSA) is 48.2 Å². The first-order chi connectivity index (χ1) is 24.3. The molecule has 0 radical (unpaired) electrons. The predicted octanol–water partition coefficient (Wildman–Crippen LogP) is 11.2. The molecule has 230 valence electrons. The van der Waals surface area contributed by atoms with E-state index in [1.807, 2.05) is 72.8 Å². The summed E-state index contributed by atoms with van der Waals surface area (Å²) in [4.78, 5) is 9.94. The summed E-state index contributed by atoms with van der Waals surface area (Å²) in [5.74, 6) is 3.66. The number of hydrogen-bond acceptors (Lipinski definition) is 4. The average Bonchev–Trinajstić information content (AvgIpc) is 3.78. The van der Waals surface area contributed by atoms with Gasteiger partial charge >= 0.3 is 0 Å². The first kappa shape index (κ1) is 27.6. The van der Waals surface area contributed by atoms with E-state index in [4.69, 9.17) is 19.1 Å². The quantitative estimate of drug-likeness (QED) is 0.195. The third-order valence-electron chi connectivity index (χ3n) is 9.83. The van der Waals surface area contributed by atoms with Gasteiger partial charge in [0.1, 0.15) is 23.0 Å². The number of furan rings is 1. The van der Waals surface area contributed by atoms with Crippen LogP contribution in [0.25, 0.3) is 56.6 Å². The molecule has 4 nitrogen and oxygen atoms in total. The zero-order valence-corrected chi connectivity index (χ0v) is 26.4. The van der Waals surface area contributed by atoms with Gasteiger partial charge in [0.15, 0.2) is 11.6 Å². The second-order valence-electron chi connectivity index (χ2n) is 12.5. The van der Waals surface area contributed by atoms with Crippen LogP contribution in [0.15, 0.2) is 174 Å². The van der Waals surface area contributed by atoms with Crippen LogP contribution in [0.3, 0.4) is 0 Å². The van der Waals surface area contributed by atoms with E-state index < -0.39 is 5.41 Å². The van der Waals surface area contributed by atoms with E-state index >= 15 is 0 Å². The van der Waals surface area contributed by atoms with Crippen molar-refractivity contribution in [3.05, 3.63) is 192 Å². The van der Waals surface area contributed by atoms with Crippen molar-refractivity contribution in [2.24, 2.45) is 0 Å². The van der Waals surface area contributed by atoms with E-state index in [1.54, 1.807) is 0 Å². The van der Waals surface area contributed by atoms with Crippen molar-refractivity contribution < 1.29 is 9.15 Å². The van der Waals surface area contributed by atoms with Crippen molar-refractivity contribution in [3.8, 4) is 68.0 Å². The zero-order chi connectivity index (χ0) is 32.4. The lowest BCUT2D eigenvalue weighted by Gasteiger charge is -2.39. The molecule has 3 heterocycles. The number of ether oxygens (including phenoxy) is 1. The molecule has 0 saturated heterocycles. The van der Waals surface area contributed by atoms with Crippen LogP contribution in [0.2, 0.25) is 0 Å². The van der Waals surface area contributed by atoms with Gasteiger partial charge in [0, 0.05) is 22.3 Å². The molecule has 1 spiro atoms. The van der Waals surface area contributed by atoms with Crippen LogP contribution >= 0.6 is 0 Å². The Labute approximate surface area is 284 Å². The summed E-state index contributed by atoms with van der Waals surface area (Å²) in [5, 5.41) is 0. The van der Waals surface area contributed by atoms with Gasteiger partial charge in [-0.05, 0) is 52.6 Å². The van der Waals surface area contributed by atoms with Gasteiger partial charge in [0.25, 0.3) is 0 Å². The minimum Gasteiger partial charge on any atom is -0.456 e. The molecular formula is C45H28N2O2. The van der Waals surface area contributed by atoms with Crippen LogP contribution in [-0.2, 0) is 5.41 Å². The van der Waals surface area contributed by atoms with Gasteiger partial charge in [-0.3, -0.25) is 0 Å². The van der Waals surface area contributed by atoms with Crippen molar-refractivity contribution in [3.63, 3.8) is 0 Å². The smallest absolute Gasteiger partial charge is 0.160 e. The Balaban J connectivity index is 1.16. The molecule has 2 aromatic heterocycles. The Morgan fingerprint density at radius 2 is 0.959 bits per heavy atom. The highest BCUT2D eigenvalue weighted by Crippen LogP contribution is 2.63. The van der Waals surface area contributed by atoms with Crippen LogP contribution in [0.4, 0.5) is 0 Å². The summed E-state index contributed by atoms with van der Waals surface area (Å²) in [7, 11) is 0. The number of aromatic nitrogens is 2. The summed E-state index contributed by atoms with van der Waals surface area (Å²) < 4.78 is 13.6. The first-order valence-electron chi connectivity index (χ1n) is 16.5. The fourth-order valence-corrected chi connectivity index (χ4v) is 7.74. The molecule has 0 fully saturated rings. The largest absolute Gasteiger partial charge is 0.456 e. The second-order valence-corrected chi connectivity index (χ2v) is 12.5. The fraction of sp³-hybridized carbons (Fsp3) is 0.0222. The maximum Gasteiger partial charge on any atom is 0.160 e. The standard InChI is InChI=1S/C45H28N2O2/c1-3-14-29(15-4-1)38-28-39(47-44(46-38)30-16-5-2-6-17-30)42-27-26-40(48-42)33-20-13-24-37-43(33)49-41-25-12-11-23-36(41)45(37)34-21-9-7-18-31(34)32-19-8-10-22-35(32)45/h1-28H. The number of benzene rings is 6. The molecule has 4 heteroatoms. The van der Waals surface area contributed by atoms with Gasteiger partial charge in [-0.25, -0.2) is 9.97 Å². The SMILES string of the molecule is c1ccc(-c2cc(-c3ccc(-c4cccc5c4Oc4ccccc4C54c5ccccc5-c5ccccc54)o3)nc(-c3ccccc3)n2)cc1. The van der Waals surface area contributed by atoms with Crippen LogP contribution in [0.5, 0.6) is 11.5 Å². The van der Waals surface area contributed by atoms with Gasteiger partial charge in [0.2, 0.25) is 0 Å². The maximum absolute atomic E-state index is 6.86. The van der Waals surface area contributed by atoms with Crippen LogP contribution in [0.1, 0.15) is 22.3 Å². The van der Waals surface area contributed by atoms with E-state index in [2.05, 4.69) is 97.1 Å². The molecule has 1 aliphatic heterocycles. The maximum atomic E-state index is 6.86. The summed E-state index contributed by atoms with van der Waals surface area (Å²) in [6, 6.07) is 58.6. The lowest BCUT2D eigenvalue weighted by Crippen LogP contribution is -2.32. The summed E-state index contributed by atoms with van der Waals surface area (Å²) >= 11 is 0. The second kappa shape index (κ2) is 10.8. The van der Waals surface area contributed by atoms with Crippen molar-refractivity contribution in [1.82, 2.24) is 9.97 Å². The lowest BCUT2D eigenvalue weighted by atomic mass is 9.66. The molecule has 0 unspecified atom stereocenters. The lowest BCUT2D eigenvalue weighted by molar-refractivity contribution is 0.436. The van der Waals surface area contributed by atoms with E-state index in [1.165, 1.54) is 22.3 Å². The van der Waals surface area contributed by atoms with Crippen molar-refractivity contribution in [1.29, 1.82) is 0 Å². The highest BCUT2D eigenvalue weighted by Gasteiger charge is 2.51.